The molecule has 1 aromatic carbocycles. The number of sulfone groups is 1. The molecule has 0 bridgehead atoms. The van der Waals surface area contributed by atoms with E-state index in [-0.39, 0.29) is 30.3 Å². The summed E-state index contributed by atoms with van der Waals surface area (Å²) >= 11 is 0. The Kier molecular flexibility index (Phi) is 11.0. The quantitative estimate of drug-likeness (QED) is 0.203. The zero-order chi connectivity index (χ0) is 34.2. The second kappa shape index (κ2) is 15.7. The molecule has 2 fully saturated rings. The number of hydrogen-bond acceptors (Lipinski definition) is 14. The lowest BCUT2D eigenvalue weighted by atomic mass is 9.90. The normalized spacial score (nSPS) is 19.2. The molecule has 1 N–H and O–H groups in total. The van der Waals surface area contributed by atoms with Crippen LogP contribution < -0.4 is 14.8 Å². The smallest absolute Gasteiger partial charge is 0.256 e. The van der Waals surface area contributed by atoms with Crippen molar-refractivity contribution < 1.29 is 22.6 Å². The Hall–Kier alpha value is -4.66. The van der Waals surface area contributed by atoms with Crippen LogP contribution in [0, 0.1) is 11.3 Å². The van der Waals surface area contributed by atoms with Gasteiger partial charge in [-0.15, -0.1) is 10.2 Å². The van der Waals surface area contributed by atoms with E-state index in [9.17, 15) is 13.7 Å². The number of nitriles is 1. The standard InChI is InChI=1S/C32H41N11O5S/c1-3-49(44,45)15-14-47-31-29(21-43(38-31)28-8-6-27(7-9-28)41-10-12-46-13-11-41)37-32-34-18-26(19-35-32)24-4-5-25(17-33)30(16-24)48-23(2)20-42-22-36-39-40-42/h4-5,16,18-19,21-23,27-28H,3,6-15,20H2,1-2H3,(H,34,35,37)/t23-,27-,28-/m0/s1. The number of aromatic nitrogens is 8. The van der Waals surface area contributed by atoms with E-state index in [1.54, 1.807) is 36.1 Å². The molecule has 49 heavy (non-hydrogen) atoms. The molecule has 6 rings (SSSR count). The zero-order valence-corrected chi connectivity index (χ0v) is 28.5. The highest BCUT2D eigenvalue weighted by atomic mass is 32.2. The van der Waals surface area contributed by atoms with Gasteiger partial charge in [-0.3, -0.25) is 9.58 Å². The summed E-state index contributed by atoms with van der Waals surface area (Å²) in [5.74, 6) is 1.01. The SMILES string of the molecule is CCS(=O)(=O)CCOc1nn([C@H]2CC[C@H](N3CCOCC3)CC2)cc1Nc1ncc(-c2ccc(C#N)c(O[C@@H](C)Cn3cnnn3)c2)cn1. The molecule has 3 aromatic heterocycles. The van der Waals surface area contributed by atoms with Crippen LogP contribution in [0.2, 0.25) is 0 Å². The molecule has 1 atom stereocenters. The van der Waals surface area contributed by atoms with Crippen molar-refractivity contribution in [3.05, 3.63) is 48.7 Å². The summed E-state index contributed by atoms with van der Waals surface area (Å²) < 4.78 is 45.2. The van der Waals surface area contributed by atoms with Crippen molar-refractivity contribution in [2.24, 2.45) is 0 Å². The lowest BCUT2D eigenvalue weighted by molar-refractivity contribution is 0.00503. The van der Waals surface area contributed by atoms with E-state index in [1.165, 1.54) is 6.33 Å². The molecule has 1 saturated carbocycles. The average Bonchev–Trinajstić information content (AvgIpc) is 3.79. The molecule has 1 aliphatic heterocycles. The van der Waals surface area contributed by atoms with Crippen molar-refractivity contribution in [1.82, 2.24) is 44.9 Å². The summed E-state index contributed by atoms with van der Waals surface area (Å²) in [6.45, 7) is 7.43. The van der Waals surface area contributed by atoms with Crippen LogP contribution in [-0.4, -0.2) is 110 Å². The van der Waals surface area contributed by atoms with Gasteiger partial charge in [0, 0.05) is 42.8 Å². The van der Waals surface area contributed by atoms with E-state index >= 15 is 0 Å². The molecule has 260 valence electrons. The molecule has 17 heteroatoms. The second-order valence-corrected chi connectivity index (χ2v) is 14.7. The van der Waals surface area contributed by atoms with Gasteiger partial charge in [0.05, 0.1) is 43.3 Å². The monoisotopic (exact) mass is 691 g/mol. The highest BCUT2D eigenvalue weighted by Crippen LogP contribution is 2.35. The maximum absolute atomic E-state index is 12.1. The molecule has 0 unspecified atom stereocenters. The molecule has 1 aliphatic carbocycles. The van der Waals surface area contributed by atoms with E-state index in [1.807, 2.05) is 23.9 Å². The number of tetrazole rings is 1. The Labute approximate surface area is 285 Å². The Bertz CT molecular complexity index is 1810. The minimum absolute atomic E-state index is 0.0110. The van der Waals surface area contributed by atoms with Crippen LogP contribution in [0.5, 0.6) is 11.6 Å². The third kappa shape index (κ3) is 8.88. The van der Waals surface area contributed by atoms with Crippen LogP contribution in [-0.2, 0) is 21.1 Å². The minimum atomic E-state index is -3.20. The van der Waals surface area contributed by atoms with Gasteiger partial charge in [0.2, 0.25) is 5.95 Å². The molecule has 0 amide bonds. The van der Waals surface area contributed by atoms with Gasteiger partial charge in [-0.25, -0.2) is 23.1 Å². The van der Waals surface area contributed by atoms with Crippen molar-refractivity contribution in [2.45, 2.75) is 64.3 Å². The lowest BCUT2D eigenvalue weighted by Crippen LogP contribution is -2.45. The van der Waals surface area contributed by atoms with E-state index in [0.717, 1.165) is 63.1 Å². The van der Waals surface area contributed by atoms with Crippen molar-refractivity contribution in [3.63, 3.8) is 0 Å². The van der Waals surface area contributed by atoms with Crippen molar-refractivity contribution in [1.29, 1.82) is 5.26 Å². The molecule has 1 saturated heterocycles. The van der Waals surface area contributed by atoms with Crippen LogP contribution in [0.15, 0.2) is 43.1 Å². The zero-order valence-electron chi connectivity index (χ0n) is 27.7. The minimum Gasteiger partial charge on any atom is -0.487 e. The topological polar surface area (TPSA) is 188 Å². The Morgan fingerprint density at radius 1 is 1.10 bits per heavy atom. The highest BCUT2D eigenvalue weighted by Gasteiger charge is 2.29. The number of anilines is 2. The summed E-state index contributed by atoms with van der Waals surface area (Å²) in [5, 5.41) is 28.8. The second-order valence-electron chi connectivity index (χ2n) is 12.2. The van der Waals surface area contributed by atoms with Crippen LogP contribution >= 0.6 is 0 Å². The maximum Gasteiger partial charge on any atom is 0.256 e. The number of morpholine rings is 1. The number of benzene rings is 1. The van der Waals surface area contributed by atoms with Gasteiger partial charge in [-0.05, 0) is 60.7 Å². The number of ether oxygens (including phenoxy) is 3. The predicted molar refractivity (Wildman–Crippen MR) is 179 cm³/mol. The van der Waals surface area contributed by atoms with Gasteiger partial charge < -0.3 is 19.5 Å². The summed E-state index contributed by atoms with van der Waals surface area (Å²) in [4.78, 5) is 11.6. The van der Waals surface area contributed by atoms with Crippen LogP contribution in [0.1, 0.15) is 51.1 Å². The summed E-state index contributed by atoms with van der Waals surface area (Å²) in [7, 11) is -3.20. The largest absolute Gasteiger partial charge is 0.487 e. The Morgan fingerprint density at radius 2 is 1.86 bits per heavy atom. The van der Waals surface area contributed by atoms with Gasteiger partial charge >= 0.3 is 0 Å². The predicted octanol–water partition coefficient (Wildman–Crippen LogP) is 3.04. The molecule has 4 heterocycles. The van der Waals surface area contributed by atoms with Crippen LogP contribution in [0.25, 0.3) is 11.1 Å². The van der Waals surface area contributed by atoms with E-state index < -0.39 is 9.84 Å². The molecule has 16 nitrogen and oxygen atoms in total. The first-order valence-electron chi connectivity index (χ1n) is 16.6. The van der Waals surface area contributed by atoms with Gasteiger partial charge in [-0.1, -0.05) is 13.0 Å². The summed E-state index contributed by atoms with van der Waals surface area (Å²) in [5.41, 5.74) is 2.46. The fourth-order valence-corrected chi connectivity index (χ4v) is 6.76. The van der Waals surface area contributed by atoms with Crippen LogP contribution in [0.4, 0.5) is 11.6 Å². The van der Waals surface area contributed by atoms with E-state index in [4.69, 9.17) is 19.3 Å². The fraction of sp³-hybridized carbons (Fsp3) is 0.531. The summed E-state index contributed by atoms with van der Waals surface area (Å²) in [6.07, 6.45) is 10.5. The average molecular weight is 692 g/mol. The maximum atomic E-state index is 12.1. The fourth-order valence-electron chi connectivity index (χ4n) is 6.13. The van der Waals surface area contributed by atoms with Crippen molar-refractivity contribution >= 4 is 21.5 Å². The molecule has 4 aromatic rings. The van der Waals surface area contributed by atoms with Gasteiger partial charge in [-0.2, -0.15) is 5.26 Å². The number of nitrogens with zero attached hydrogens (tertiary/aromatic N) is 10. The van der Waals surface area contributed by atoms with E-state index in [2.05, 4.69) is 41.8 Å². The van der Waals surface area contributed by atoms with Crippen LogP contribution in [0.3, 0.4) is 0 Å². The van der Waals surface area contributed by atoms with Crippen molar-refractivity contribution in [3.8, 4) is 28.8 Å². The molecule has 2 aliphatic rings. The number of hydrogen-bond donors (Lipinski definition) is 1. The first kappa shape index (κ1) is 34.2. The third-order valence-corrected chi connectivity index (χ3v) is 10.5. The lowest BCUT2D eigenvalue weighted by Gasteiger charge is -2.38. The molecule has 0 radical (unpaired) electrons. The first-order valence-corrected chi connectivity index (χ1v) is 18.4. The highest BCUT2D eigenvalue weighted by molar-refractivity contribution is 7.91. The first-order chi connectivity index (χ1) is 23.8. The Balaban J connectivity index is 1.15. The van der Waals surface area contributed by atoms with Gasteiger partial charge in [0.15, 0.2) is 9.84 Å². The summed E-state index contributed by atoms with van der Waals surface area (Å²) in [6, 6.07) is 8.22. The molecular weight excluding hydrogens is 650 g/mol. The third-order valence-electron chi connectivity index (χ3n) is 8.87. The van der Waals surface area contributed by atoms with E-state index in [0.29, 0.717) is 41.4 Å². The Morgan fingerprint density at radius 3 is 2.55 bits per heavy atom. The van der Waals surface area contributed by atoms with Gasteiger partial charge in [0.25, 0.3) is 5.88 Å². The molecule has 0 spiro atoms. The number of nitrogens with one attached hydrogen (secondary N) is 1. The van der Waals surface area contributed by atoms with Gasteiger partial charge in [0.1, 0.15) is 36.5 Å². The van der Waals surface area contributed by atoms with Crippen molar-refractivity contribution in [2.75, 3.05) is 49.7 Å². The number of rotatable bonds is 14. The molecular formula is C32H41N11O5S.